The Morgan fingerprint density at radius 3 is 2.69 bits per heavy atom. The molecule has 0 aliphatic heterocycles. The van der Waals surface area contributed by atoms with Gasteiger partial charge in [0.2, 0.25) is 0 Å². The number of esters is 2. The van der Waals surface area contributed by atoms with Crippen LogP contribution >= 0.6 is 11.6 Å². The molecule has 0 fully saturated rings. The molecule has 0 heterocycles. The van der Waals surface area contributed by atoms with E-state index in [-0.39, 0.29) is 13.0 Å². The van der Waals surface area contributed by atoms with Gasteiger partial charge in [-0.1, -0.05) is 18.2 Å². The van der Waals surface area contributed by atoms with Crippen LogP contribution in [0.2, 0.25) is 0 Å². The van der Waals surface area contributed by atoms with Crippen LogP contribution in [0.4, 0.5) is 0 Å². The van der Waals surface area contributed by atoms with Gasteiger partial charge in [-0.05, 0) is 6.92 Å². The molecule has 0 aromatic heterocycles. The molecule has 0 saturated heterocycles. The predicted molar refractivity (Wildman–Crippen MR) is 47.2 cm³/mol. The highest BCUT2D eigenvalue weighted by atomic mass is 35.5. The number of rotatable bonds is 5. The van der Waals surface area contributed by atoms with Crippen LogP contribution in [0.1, 0.15) is 13.3 Å². The molecule has 0 saturated carbocycles. The Balaban J connectivity index is 3.48. The first-order valence-corrected chi connectivity index (χ1v) is 4.12. The third kappa shape index (κ3) is 7.33. The summed E-state index contributed by atoms with van der Waals surface area (Å²) in [4.78, 5) is 21.3. The maximum absolute atomic E-state index is 10.8. The van der Waals surface area contributed by atoms with Crippen molar-refractivity contribution in [3.63, 3.8) is 0 Å². The molecule has 13 heavy (non-hydrogen) atoms. The summed E-state index contributed by atoms with van der Waals surface area (Å²) in [5, 5.41) is 0. The average Bonchev–Trinajstić information content (AvgIpc) is 2.02. The number of halogens is 1. The minimum absolute atomic E-state index is 0.00333. The van der Waals surface area contributed by atoms with E-state index in [2.05, 4.69) is 16.1 Å². The van der Waals surface area contributed by atoms with Crippen LogP contribution in [-0.4, -0.2) is 24.1 Å². The zero-order chi connectivity index (χ0) is 10.3. The van der Waals surface area contributed by atoms with E-state index < -0.39 is 17.5 Å². The third-order valence-corrected chi connectivity index (χ3v) is 1.10. The number of carbonyl (C=O) groups is 2. The van der Waals surface area contributed by atoms with E-state index in [4.69, 9.17) is 11.6 Å². The molecule has 0 amide bonds. The molecule has 4 nitrogen and oxygen atoms in total. The van der Waals surface area contributed by atoms with Gasteiger partial charge in [0, 0.05) is 6.08 Å². The van der Waals surface area contributed by atoms with Crippen LogP contribution in [0.5, 0.6) is 0 Å². The number of ether oxygens (including phenoxy) is 2. The van der Waals surface area contributed by atoms with Gasteiger partial charge in [-0.25, -0.2) is 4.79 Å². The third-order valence-electron chi connectivity index (χ3n) is 1.01. The highest BCUT2D eigenvalue weighted by Gasteiger charge is 2.07. The van der Waals surface area contributed by atoms with Crippen molar-refractivity contribution in [3.05, 3.63) is 12.7 Å². The summed E-state index contributed by atoms with van der Waals surface area (Å²) in [7, 11) is 0. The fourth-order valence-electron chi connectivity index (χ4n) is 0.534. The maximum Gasteiger partial charge on any atom is 0.330 e. The highest BCUT2D eigenvalue weighted by Crippen LogP contribution is 1.98. The monoisotopic (exact) mass is 206 g/mol. The van der Waals surface area contributed by atoms with Crippen LogP contribution < -0.4 is 0 Å². The van der Waals surface area contributed by atoms with Crippen molar-refractivity contribution >= 4 is 23.5 Å². The fourth-order valence-corrected chi connectivity index (χ4v) is 0.633. The number of hydrogen-bond donors (Lipinski definition) is 0. The van der Waals surface area contributed by atoms with Crippen molar-refractivity contribution in [2.75, 3.05) is 6.61 Å². The minimum Gasteiger partial charge on any atom is -0.462 e. The molecular formula is C8H11ClO4. The van der Waals surface area contributed by atoms with Gasteiger partial charge in [-0.2, -0.15) is 0 Å². The van der Waals surface area contributed by atoms with Crippen LogP contribution in [0.25, 0.3) is 0 Å². The Morgan fingerprint density at radius 1 is 1.62 bits per heavy atom. The zero-order valence-electron chi connectivity index (χ0n) is 7.29. The summed E-state index contributed by atoms with van der Waals surface area (Å²) >= 11 is 5.37. The van der Waals surface area contributed by atoms with E-state index in [9.17, 15) is 9.59 Å². The van der Waals surface area contributed by atoms with Crippen molar-refractivity contribution in [1.82, 2.24) is 0 Å². The van der Waals surface area contributed by atoms with E-state index in [0.717, 1.165) is 6.08 Å². The topological polar surface area (TPSA) is 52.6 Å². The van der Waals surface area contributed by atoms with Gasteiger partial charge in [-0.15, -0.1) is 0 Å². The second-order valence-corrected chi connectivity index (χ2v) is 2.77. The van der Waals surface area contributed by atoms with Gasteiger partial charge >= 0.3 is 11.9 Å². The lowest BCUT2D eigenvalue weighted by Gasteiger charge is -2.05. The first kappa shape index (κ1) is 12.0. The quantitative estimate of drug-likeness (QED) is 0.386. The molecule has 0 aromatic carbocycles. The molecule has 0 radical (unpaired) electrons. The molecule has 0 aromatic rings. The van der Waals surface area contributed by atoms with Crippen molar-refractivity contribution in [1.29, 1.82) is 0 Å². The SMILES string of the molecule is C=CC(=O)OCCC(=O)OC(C)Cl. The normalized spacial score (nSPS) is 11.5. The summed E-state index contributed by atoms with van der Waals surface area (Å²) in [6, 6.07) is 0. The zero-order valence-corrected chi connectivity index (χ0v) is 8.04. The van der Waals surface area contributed by atoms with Crippen LogP contribution in [0.3, 0.4) is 0 Å². The molecule has 5 heteroatoms. The second kappa shape index (κ2) is 6.48. The highest BCUT2D eigenvalue weighted by molar-refractivity contribution is 6.19. The lowest BCUT2D eigenvalue weighted by molar-refractivity contribution is -0.148. The van der Waals surface area contributed by atoms with Gasteiger partial charge in [0.1, 0.15) is 6.61 Å². The summed E-state index contributed by atoms with van der Waals surface area (Å²) in [5.41, 5.74) is -0.664. The molecule has 0 spiro atoms. The van der Waals surface area contributed by atoms with Crippen molar-refractivity contribution in [2.24, 2.45) is 0 Å². The largest absolute Gasteiger partial charge is 0.462 e. The molecule has 74 valence electrons. The van der Waals surface area contributed by atoms with Gasteiger partial charge in [0.05, 0.1) is 6.42 Å². The van der Waals surface area contributed by atoms with Crippen molar-refractivity contribution < 1.29 is 19.1 Å². The van der Waals surface area contributed by atoms with Crippen molar-refractivity contribution in [3.8, 4) is 0 Å². The number of alkyl halides is 1. The molecule has 0 rings (SSSR count). The molecular weight excluding hydrogens is 196 g/mol. The summed E-state index contributed by atoms with van der Waals surface area (Å²) in [6.45, 7) is 4.70. The van der Waals surface area contributed by atoms with Gasteiger partial charge in [0.15, 0.2) is 5.56 Å². The number of hydrogen-bond acceptors (Lipinski definition) is 4. The molecule has 0 bridgehead atoms. The first-order chi connectivity index (χ1) is 6.06. The Kier molecular flexibility index (Phi) is 5.97. The second-order valence-electron chi connectivity index (χ2n) is 2.15. The summed E-state index contributed by atoms with van der Waals surface area (Å²) in [5.74, 6) is -1.06. The summed E-state index contributed by atoms with van der Waals surface area (Å²) < 4.78 is 9.12. The predicted octanol–water partition coefficient (Wildman–Crippen LogP) is 1.23. The number of carbonyl (C=O) groups excluding carboxylic acids is 2. The Labute approximate surface area is 81.5 Å². The first-order valence-electron chi connectivity index (χ1n) is 3.69. The Morgan fingerprint density at radius 2 is 2.23 bits per heavy atom. The molecule has 1 atom stereocenters. The van der Waals surface area contributed by atoms with Gasteiger partial charge in [0.25, 0.3) is 0 Å². The average molecular weight is 207 g/mol. The van der Waals surface area contributed by atoms with E-state index >= 15 is 0 Å². The molecule has 0 N–H and O–H groups in total. The van der Waals surface area contributed by atoms with E-state index in [0.29, 0.717) is 0 Å². The Bertz CT molecular complexity index is 200. The van der Waals surface area contributed by atoms with Crippen LogP contribution in [0, 0.1) is 0 Å². The minimum atomic E-state index is -0.664. The summed E-state index contributed by atoms with van der Waals surface area (Å²) in [6.07, 6.45) is 1.02. The molecule has 0 aliphatic carbocycles. The van der Waals surface area contributed by atoms with Gasteiger partial charge < -0.3 is 9.47 Å². The van der Waals surface area contributed by atoms with Crippen LogP contribution in [0.15, 0.2) is 12.7 Å². The standard InChI is InChI=1S/C8H11ClO4/c1-3-7(10)12-5-4-8(11)13-6(2)9/h3,6H,1,4-5H2,2H3. The van der Waals surface area contributed by atoms with Gasteiger partial charge in [-0.3, -0.25) is 4.79 Å². The van der Waals surface area contributed by atoms with E-state index in [1.807, 2.05) is 0 Å². The van der Waals surface area contributed by atoms with Crippen molar-refractivity contribution in [2.45, 2.75) is 18.9 Å². The Hall–Kier alpha value is -1.03. The smallest absolute Gasteiger partial charge is 0.330 e. The van der Waals surface area contributed by atoms with E-state index in [1.165, 1.54) is 6.92 Å². The maximum atomic E-state index is 10.8. The molecule has 0 aliphatic rings. The van der Waals surface area contributed by atoms with Crippen LogP contribution in [-0.2, 0) is 19.1 Å². The lowest BCUT2D eigenvalue weighted by Crippen LogP contribution is -2.13. The fraction of sp³-hybridized carbons (Fsp3) is 0.500. The van der Waals surface area contributed by atoms with E-state index in [1.54, 1.807) is 0 Å². The lowest BCUT2D eigenvalue weighted by atomic mass is 10.4. The molecule has 1 unspecified atom stereocenters.